The van der Waals surface area contributed by atoms with E-state index in [1.807, 2.05) is 6.92 Å². The molecular weight excluding hydrogens is 102 g/mol. The highest BCUT2D eigenvalue weighted by molar-refractivity contribution is 5.56. The van der Waals surface area contributed by atoms with Gasteiger partial charge < -0.3 is 4.84 Å². The van der Waals surface area contributed by atoms with E-state index in [0.717, 1.165) is 12.8 Å². The van der Waals surface area contributed by atoms with Crippen LogP contribution in [0, 0.1) is 6.92 Å². The molecule has 0 aliphatic rings. The highest BCUT2D eigenvalue weighted by atomic mass is 16.6. The van der Waals surface area contributed by atoms with Gasteiger partial charge in [-0.25, -0.2) is 0 Å². The van der Waals surface area contributed by atoms with Gasteiger partial charge >= 0.3 is 0 Å². The summed E-state index contributed by atoms with van der Waals surface area (Å²) in [6.45, 7) is 6.19. The van der Waals surface area contributed by atoms with E-state index in [2.05, 4.69) is 16.9 Å². The van der Waals surface area contributed by atoms with Crippen LogP contribution in [0.3, 0.4) is 0 Å². The molecule has 0 aromatic rings. The first-order valence-corrected chi connectivity index (χ1v) is 2.84. The van der Waals surface area contributed by atoms with Crippen LogP contribution < -0.4 is 0 Å². The molecule has 0 amide bonds. The first-order valence-electron chi connectivity index (χ1n) is 2.84. The van der Waals surface area contributed by atoms with Crippen molar-refractivity contribution in [1.82, 2.24) is 0 Å². The molecule has 0 atom stereocenters. The summed E-state index contributed by atoms with van der Waals surface area (Å²) in [7, 11) is 0. The normalized spacial score (nSPS) is 10.2. The predicted octanol–water partition coefficient (Wildman–Crippen LogP) is 1.62. The maximum absolute atomic E-state index is 4.68. The minimum absolute atomic E-state index is 0.646. The fourth-order valence-corrected chi connectivity index (χ4v) is 0.271. The van der Waals surface area contributed by atoms with Crippen LogP contribution in [0.1, 0.15) is 19.8 Å². The topological polar surface area (TPSA) is 21.6 Å². The summed E-state index contributed by atoms with van der Waals surface area (Å²) in [5.41, 5.74) is 0. The summed E-state index contributed by atoms with van der Waals surface area (Å²) in [5.74, 6) is 0. The number of oxime groups is 1. The minimum Gasteiger partial charge on any atom is -0.396 e. The van der Waals surface area contributed by atoms with E-state index in [1.54, 1.807) is 6.21 Å². The van der Waals surface area contributed by atoms with Gasteiger partial charge in [0.15, 0.2) is 0 Å². The summed E-state index contributed by atoms with van der Waals surface area (Å²) < 4.78 is 0. The van der Waals surface area contributed by atoms with Gasteiger partial charge in [-0.3, -0.25) is 0 Å². The molecule has 0 aliphatic carbocycles. The van der Waals surface area contributed by atoms with Crippen molar-refractivity contribution in [2.75, 3.05) is 6.61 Å². The average molecular weight is 114 g/mol. The van der Waals surface area contributed by atoms with Crippen molar-refractivity contribution in [3.8, 4) is 0 Å². The Morgan fingerprint density at radius 1 is 1.75 bits per heavy atom. The molecule has 1 radical (unpaired) electrons. The third-order valence-corrected chi connectivity index (χ3v) is 0.611. The van der Waals surface area contributed by atoms with Crippen molar-refractivity contribution < 1.29 is 4.84 Å². The lowest BCUT2D eigenvalue weighted by molar-refractivity contribution is 0.160. The maximum atomic E-state index is 4.68. The molecule has 0 rings (SSSR count). The summed E-state index contributed by atoms with van der Waals surface area (Å²) in [5, 5.41) is 3.61. The number of nitrogens with zero attached hydrogens (tertiary/aromatic N) is 1. The van der Waals surface area contributed by atoms with Gasteiger partial charge in [-0.05, 0) is 19.8 Å². The number of hydrogen-bond acceptors (Lipinski definition) is 2. The van der Waals surface area contributed by atoms with E-state index in [9.17, 15) is 0 Å². The van der Waals surface area contributed by atoms with Gasteiger partial charge in [-0.1, -0.05) is 12.1 Å². The van der Waals surface area contributed by atoms with Crippen molar-refractivity contribution >= 4 is 6.21 Å². The number of rotatable bonds is 4. The fourth-order valence-electron chi connectivity index (χ4n) is 0.271. The van der Waals surface area contributed by atoms with E-state index in [0.29, 0.717) is 6.61 Å². The van der Waals surface area contributed by atoms with Crippen molar-refractivity contribution in [2.24, 2.45) is 5.16 Å². The van der Waals surface area contributed by atoms with Gasteiger partial charge in [-0.15, -0.1) is 0 Å². The molecule has 0 aliphatic heterocycles. The highest BCUT2D eigenvalue weighted by Gasteiger charge is 1.72. The van der Waals surface area contributed by atoms with Gasteiger partial charge in [0.1, 0.15) is 6.61 Å². The van der Waals surface area contributed by atoms with Gasteiger partial charge in [-0.2, -0.15) is 0 Å². The Balaban J connectivity index is 2.83. The quantitative estimate of drug-likeness (QED) is 0.402. The van der Waals surface area contributed by atoms with Crippen LogP contribution in [0.2, 0.25) is 0 Å². The van der Waals surface area contributed by atoms with Crippen molar-refractivity contribution in [1.29, 1.82) is 0 Å². The van der Waals surface area contributed by atoms with Crippen molar-refractivity contribution in [2.45, 2.75) is 19.8 Å². The van der Waals surface area contributed by atoms with E-state index in [-0.39, 0.29) is 0 Å². The van der Waals surface area contributed by atoms with Crippen molar-refractivity contribution in [3.63, 3.8) is 0 Å². The highest BCUT2D eigenvalue weighted by Crippen LogP contribution is 1.80. The van der Waals surface area contributed by atoms with Crippen LogP contribution in [0.25, 0.3) is 0 Å². The van der Waals surface area contributed by atoms with Crippen LogP contribution >= 0.6 is 0 Å². The molecule has 0 aromatic carbocycles. The zero-order valence-electron chi connectivity index (χ0n) is 5.26. The molecule has 0 saturated heterocycles. The molecule has 47 valence electrons. The van der Waals surface area contributed by atoms with E-state index in [1.165, 1.54) is 0 Å². The predicted molar refractivity (Wildman–Crippen MR) is 34.7 cm³/mol. The van der Waals surface area contributed by atoms with Crippen LogP contribution in [-0.2, 0) is 4.84 Å². The molecule has 0 aromatic heterocycles. The Bertz CT molecular complexity index is 53.5. The second kappa shape index (κ2) is 6.47. The molecule has 8 heavy (non-hydrogen) atoms. The Hall–Kier alpha value is -0.530. The third kappa shape index (κ3) is 5.47. The second-order valence-corrected chi connectivity index (χ2v) is 1.35. The Kier molecular flexibility index (Phi) is 6.04. The van der Waals surface area contributed by atoms with Crippen molar-refractivity contribution in [3.05, 3.63) is 6.92 Å². The summed E-state index contributed by atoms with van der Waals surface area (Å²) >= 11 is 0. The van der Waals surface area contributed by atoms with Gasteiger partial charge in [0.25, 0.3) is 0 Å². The zero-order valence-corrected chi connectivity index (χ0v) is 5.26. The molecule has 0 heterocycles. The monoisotopic (exact) mass is 114 g/mol. The summed E-state index contributed by atoms with van der Waals surface area (Å²) in [6.07, 6.45) is 3.52. The molecule has 2 nitrogen and oxygen atoms in total. The lowest BCUT2D eigenvalue weighted by atomic mass is 10.4. The molecule has 0 saturated carbocycles. The van der Waals surface area contributed by atoms with E-state index < -0.39 is 0 Å². The summed E-state index contributed by atoms with van der Waals surface area (Å²) in [4.78, 5) is 4.68. The van der Waals surface area contributed by atoms with Gasteiger partial charge in [0.2, 0.25) is 0 Å². The third-order valence-electron chi connectivity index (χ3n) is 0.611. The molecule has 0 unspecified atom stereocenters. The first-order chi connectivity index (χ1) is 3.91. The van der Waals surface area contributed by atoms with Gasteiger partial charge in [0, 0.05) is 6.21 Å². The maximum Gasteiger partial charge on any atom is 0.114 e. The average Bonchev–Trinajstić information content (AvgIpc) is 1.81. The SMILES string of the molecule is [CH2]CCC=NOCC. The number of hydrogen-bond donors (Lipinski definition) is 0. The lowest BCUT2D eigenvalue weighted by Crippen LogP contribution is -1.79. The molecule has 0 bridgehead atoms. The van der Waals surface area contributed by atoms with Crippen LogP contribution in [0.15, 0.2) is 5.16 Å². The summed E-state index contributed by atoms with van der Waals surface area (Å²) in [6, 6.07) is 0. The van der Waals surface area contributed by atoms with E-state index >= 15 is 0 Å². The molecule has 2 heteroatoms. The van der Waals surface area contributed by atoms with Crippen LogP contribution in [0.5, 0.6) is 0 Å². The zero-order chi connectivity index (χ0) is 6.24. The van der Waals surface area contributed by atoms with Crippen LogP contribution in [-0.4, -0.2) is 12.8 Å². The lowest BCUT2D eigenvalue weighted by Gasteiger charge is -1.87. The molecule has 0 fully saturated rings. The fraction of sp³-hybridized carbons (Fsp3) is 0.667. The molecular formula is C6H12NO. The van der Waals surface area contributed by atoms with Crippen LogP contribution in [0.4, 0.5) is 0 Å². The smallest absolute Gasteiger partial charge is 0.114 e. The second-order valence-electron chi connectivity index (χ2n) is 1.35. The largest absolute Gasteiger partial charge is 0.396 e. The molecule has 0 N–H and O–H groups in total. The van der Waals surface area contributed by atoms with Gasteiger partial charge in [0.05, 0.1) is 0 Å². The number of unbranched alkanes of at least 4 members (excludes halogenated alkanes) is 1. The Labute approximate surface area is 50.5 Å². The Morgan fingerprint density at radius 2 is 2.50 bits per heavy atom. The first kappa shape index (κ1) is 7.47. The standard InChI is InChI=1S/C6H12NO/c1-3-5-6-7-8-4-2/h6H,1,3-5H2,2H3. The minimum atomic E-state index is 0.646. The Morgan fingerprint density at radius 3 is 3.00 bits per heavy atom. The molecule has 0 spiro atoms. The van der Waals surface area contributed by atoms with E-state index in [4.69, 9.17) is 0 Å².